The van der Waals surface area contributed by atoms with E-state index in [2.05, 4.69) is 64.8 Å². The van der Waals surface area contributed by atoms with Crippen LogP contribution in [0.3, 0.4) is 0 Å². The largest absolute Gasteiger partial charge is 0.378 e. The monoisotopic (exact) mass is 787 g/mol. The molecular weight excluding hydrogens is 764 g/mol. The second-order valence-corrected chi connectivity index (χ2v) is 14.9. The summed E-state index contributed by atoms with van der Waals surface area (Å²) in [6.07, 6.45) is 0. The third-order valence-corrected chi connectivity index (χ3v) is 10.1. The highest BCUT2D eigenvalue weighted by Gasteiger charge is 2.19. The molecule has 0 unspecified atom stereocenters. The van der Waals surface area contributed by atoms with Gasteiger partial charge in [-0.25, -0.2) is 17.2 Å². The van der Waals surface area contributed by atoms with E-state index in [1.165, 1.54) is 41.3 Å². The van der Waals surface area contributed by atoms with Gasteiger partial charge in [0, 0.05) is 42.8 Å². The lowest BCUT2D eigenvalue weighted by atomic mass is 10.2. The van der Waals surface area contributed by atoms with Gasteiger partial charge in [-0.1, -0.05) is 72.1 Å². The molecule has 4 aromatic rings. The van der Waals surface area contributed by atoms with Crippen molar-refractivity contribution in [2.45, 2.75) is 21.3 Å². The third kappa shape index (κ3) is 10.2. The number of ether oxygens (including phenoxy) is 1. The average Bonchev–Trinajstić information content (AvgIpc) is 2.94. The van der Waals surface area contributed by atoms with E-state index >= 15 is 0 Å². The van der Waals surface area contributed by atoms with Gasteiger partial charge in [0.25, 0.3) is 0 Å². The molecule has 1 aliphatic rings. The van der Waals surface area contributed by atoms with Gasteiger partial charge in [0.15, 0.2) is 9.84 Å². The van der Waals surface area contributed by atoms with E-state index in [0.29, 0.717) is 23.2 Å². The topological polar surface area (TPSA) is 46.6 Å². The molecule has 1 saturated heterocycles. The van der Waals surface area contributed by atoms with Crippen molar-refractivity contribution in [2.75, 3.05) is 31.2 Å². The molecule has 4 nitrogen and oxygen atoms in total. The van der Waals surface area contributed by atoms with Crippen molar-refractivity contribution < 1.29 is 21.9 Å². The number of thioether (sulfide) groups is 1. The average molecular weight is 790 g/mol. The Labute approximate surface area is 268 Å². The molecule has 0 radical (unpaired) electrons. The van der Waals surface area contributed by atoms with Crippen molar-refractivity contribution in [3.05, 3.63) is 121 Å². The highest BCUT2D eigenvalue weighted by Crippen LogP contribution is 2.30. The van der Waals surface area contributed by atoms with E-state index in [4.69, 9.17) is 4.74 Å². The van der Waals surface area contributed by atoms with Crippen molar-refractivity contribution in [3.63, 3.8) is 0 Å². The van der Waals surface area contributed by atoms with E-state index in [-0.39, 0.29) is 22.3 Å². The quantitative estimate of drug-likeness (QED) is 0.175. The number of halogens is 5. The minimum absolute atomic E-state index is 0.160. The van der Waals surface area contributed by atoms with Crippen molar-refractivity contribution >= 4 is 75.1 Å². The summed E-state index contributed by atoms with van der Waals surface area (Å²) >= 11 is 12.0. The summed E-state index contributed by atoms with van der Waals surface area (Å²) in [4.78, 5) is 3.53. The van der Waals surface area contributed by atoms with Crippen LogP contribution in [0.2, 0.25) is 0 Å². The van der Waals surface area contributed by atoms with Gasteiger partial charge in [0.2, 0.25) is 0 Å². The van der Waals surface area contributed by atoms with Gasteiger partial charge >= 0.3 is 0 Å². The number of benzene rings is 4. The molecule has 0 aliphatic carbocycles. The van der Waals surface area contributed by atoms with Gasteiger partial charge in [-0.3, -0.25) is 0 Å². The second-order valence-electron chi connectivity index (χ2n) is 9.15. The Morgan fingerprint density at radius 3 is 1.85 bits per heavy atom. The SMILES string of the molecule is Fc1ccc(CSc2cc(Br)cc(Br)c2)cc1.O=S(=O)(Cc1ccc(F)cc1)c1cc(Br)cc(N2CCOCC2)c1. The first-order valence-corrected chi connectivity index (χ1v) is 17.5. The minimum Gasteiger partial charge on any atom is -0.378 e. The van der Waals surface area contributed by atoms with Gasteiger partial charge in [0.1, 0.15) is 11.6 Å². The maximum absolute atomic E-state index is 13.0. The van der Waals surface area contributed by atoms with Crippen LogP contribution in [0.25, 0.3) is 0 Å². The number of nitrogens with zero attached hydrogens (tertiary/aromatic N) is 1. The molecule has 4 aromatic carbocycles. The molecule has 1 heterocycles. The smallest absolute Gasteiger partial charge is 0.182 e. The summed E-state index contributed by atoms with van der Waals surface area (Å²) in [6, 6.07) is 23.5. The Morgan fingerprint density at radius 2 is 1.27 bits per heavy atom. The normalized spacial score (nSPS) is 13.4. The molecule has 0 spiro atoms. The number of rotatable bonds is 7. The molecule has 41 heavy (non-hydrogen) atoms. The maximum Gasteiger partial charge on any atom is 0.182 e. The molecular formula is C30H26Br3F2NO3S2. The maximum atomic E-state index is 13.0. The van der Waals surface area contributed by atoms with E-state index in [0.717, 1.165) is 39.0 Å². The van der Waals surface area contributed by atoms with Crippen LogP contribution < -0.4 is 4.90 Å². The van der Waals surface area contributed by atoms with Crippen LogP contribution in [-0.4, -0.2) is 34.7 Å². The van der Waals surface area contributed by atoms with Gasteiger partial charge in [-0.05, 0) is 71.8 Å². The van der Waals surface area contributed by atoms with Crippen LogP contribution in [-0.2, 0) is 26.1 Å². The van der Waals surface area contributed by atoms with E-state index in [1.54, 1.807) is 23.9 Å². The predicted molar refractivity (Wildman–Crippen MR) is 172 cm³/mol. The number of hydrogen-bond donors (Lipinski definition) is 0. The summed E-state index contributed by atoms with van der Waals surface area (Å²) in [6.45, 7) is 2.72. The van der Waals surface area contributed by atoms with Crippen LogP contribution in [0.15, 0.2) is 108 Å². The number of anilines is 1. The standard InChI is InChI=1S/C17H17BrFNO3S.C13H9Br2FS/c18-14-9-16(20-5-7-23-8-6-20)11-17(10-14)24(21,22)12-13-1-3-15(19)4-2-13;14-10-5-11(15)7-13(6-10)17-8-9-1-3-12(16)4-2-9/h1-4,9-11H,5-8,12H2;1-7H,8H2. The van der Waals surface area contributed by atoms with E-state index < -0.39 is 9.84 Å². The fourth-order valence-electron chi connectivity index (χ4n) is 3.97. The van der Waals surface area contributed by atoms with Crippen LogP contribution in [0.1, 0.15) is 11.1 Å². The van der Waals surface area contributed by atoms with Crippen LogP contribution in [0, 0.1) is 11.6 Å². The summed E-state index contributed by atoms with van der Waals surface area (Å²) < 4.78 is 59.3. The molecule has 11 heteroatoms. The Hall–Kier alpha value is -1.76. The summed E-state index contributed by atoms with van der Waals surface area (Å²) in [5, 5.41) is 0. The van der Waals surface area contributed by atoms with Gasteiger partial charge < -0.3 is 9.64 Å². The first-order chi connectivity index (χ1) is 19.6. The fourth-order valence-corrected chi connectivity index (χ4v) is 8.55. The fraction of sp³-hybridized carbons (Fsp3) is 0.200. The first kappa shape index (κ1) is 32.2. The molecule has 0 amide bonds. The summed E-state index contributed by atoms with van der Waals surface area (Å²) in [7, 11) is -3.52. The minimum atomic E-state index is -3.52. The Balaban J connectivity index is 0.000000201. The number of hydrogen-bond acceptors (Lipinski definition) is 5. The zero-order valence-corrected chi connectivity index (χ0v) is 28.1. The van der Waals surface area contributed by atoms with Gasteiger partial charge in [0.05, 0.1) is 23.9 Å². The highest BCUT2D eigenvalue weighted by molar-refractivity contribution is 9.11. The predicted octanol–water partition coefficient (Wildman–Crippen LogP) is 9.04. The Kier molecular flexibility index (Phi) is 11.9. The molecule has 5 rings (SSSR count). The molecule has 0 atom stereocenters. The van der Waals surface area contributed by atoms with Crippen LogP contribution >= 0.6 is 59.6 Å². The first-order valence-electron chi connectivity index (χ1n) is 12.5. The molecule has 1 fully saturated rings. The lowest BCUT2D eigenvalue weighted by Crippen LogP contribution is -2.36. The highest BCUT2D eigenvalue weighted by atomic mass is 79.9. The molecule has 0 bridgehead atoms. The lowest BCUT2D eigenvalue weighted by Gasteiger charge is -2.29. The molecule has 0 aromatic heterocycles. The zero-order valence-electron chi connectivity index (χ0n) is 21.7. The van der Waals surface area contributed by atoms with Crippen molar-refractivity contribution in [1.82, 2.24) is 0 Å². The van der Waals surface area contributed by atoms with Crippen molar-refractivity contribution in [2.24, 2.45) is 0 Å². The lowest BCUT2D eigenvalue weighted by molar-refractivity contribution is 0.122. The Morgan fingerprint density at radius 1 is 0.732 bits per heavy atom. The van der Waals surface area contributed by atoms with Crippen molar-refractivity contribution in [1.29, 1.82) is 0 Å². The summed E-state index contributed by atoms with van der Waals surface area (Å²) in [5.41, 5.74) is 2.53. The van der Waals surface area contributed by atoms with Gasteiger partial charge in [-0.2, -0.15) is 0 Å². The molecule has 0 saturated carbocycles. The Bertz CT molecular complexity index is 1550. The number of sulfone groups is 1. The van der Waals surface area contributed by atoms with E-state index in [1.807, 2.05) is 24.3 Å². The molecule has 0 N–H and O–H groups in total. The molecule has 216 valence electrons. The van der Waals surface area contributed by atoms with E-state index in [9.17, 15) is 17.2 Å². The number of morpholine rings is 1. The van der Waals surface area contributed by atoms with Crippen LogP contribution in [0.5, 0.6) is 0 Å². The van der Waals surface area contributed by atoms with Crippen molar-refractivity contribution in [3.8, 4) is 0 Å². The van der Waals surface area contributed by atoms with Crippen LogP contribution in [0.4, 0.5) is 14.5 Å². The second kappa shape index (κ2) is 15.1. The van der Waals surface area contributed by atoms with Gasteiger partial charge in [-0.15, -0.1) is 11.8 Å². The zero-order chi connectivity index (χ0) is 29.4. The third-order valence-electron chi connectivity index (χ3n) is 6.02. The summed E-state index contributed by atoms with van der Waals surface area (Å²) in [5.74, 6) is 0.104. The molecule has 1 aliphatic heterocycles.